The van der Waals surface area contributed by atoms with Gasteiger partial charge in [-0.15, -0.1) is 0 Å². The lowest BCUT2D eigenvalue weighted by molar-refractivity contribution is -0.124. The highest BCUT2D eigenvalue weighted by Crippen LogP contribution is 2.45. The average Bonchev–Trinajstić information content (AvgIpc) is 3.04. The van der Waals surface area contributed by atoms with Crippen molar-refractivity contribution in [3.63, 3.8) is 0 Å². The van der Waals surface area contributed by atoms with Gasteiger partial charge in [0.15, 0.2) is 5.84 Å². The molecule has 0 aromatic rings. The van der Waals surface area contributed by atoms with Crippen LogP contribution in [0.15, 0.2) is 5.16 Å². The summed E-state index contributed by atoms with van der Waals surface area (Å²) in [6, 6.07) is -0.00506. The molecule has 1 aliphatic carbocycles. The van der Waals surface area contributed by atoms with E-state index in [-0.39, 0.29) is 23.7 Å². The van der Waals surface area contributed by atoms with Gasteiger partial charge in [0.25, 0.3) is 0 Å². The monoisotopic (exact) mass is 240 g/mol. The first-order chi connectivity index (χ1) is 8.08. The molecular formula is C10H16N4O3. The zero-order valence-electron chi connectivity index (χ0n) is 9.40. The summed E-state index contributed by atoms with van der Waals surface area (Å²) in [6.07, 6.45) is 2.44. The largest absolute Gasteiger partial charge is 0.409 e. The number of nitrogens with one attached hydrogen (secondary N) is 2. The number of hydrogen-bond acceptors (Lipinski definition) is 4. The summed E-state index contributed by atoms with van der Waals surface area (Å²) in [5.74, 6) is -0.249. The van der Waals surface area contributed by atoms with Gasteiger partial charge < -0.3 is 21.6 Å². The molecule has 94 valence electrons. The summed E-state index contributed by atoms with van der Waals surface area (Å²) in [4.78, 5) is 22.8. The number of carbonyl (C=O) groups is 2. The van der Waals surface area contributed by atoms with E-state index in [9.17, 15) is 9.59 Å². The summed E-state index contributed by atoms with van der Waals surface area (Å²) < 4.78 is 0. The Morgan fingerprint density at radius 3 is 2.82 bits per heavy atom. The minimum Gasteiger partial charge on any atom is -0.409 e. The molecule has 2 rings (SSSR count). The fourth-order valence-electron chi connectivity index (χ4n) is 2.04. The topological polar surface area (TPSA) is 117 Å². The smallest absolute Gasteiger partial charge is 0.234 e. The normalized spacial score (nSPS) is 26.5. The Kier molecular flexibility index (Phi) is 2.91. The van der Waals surface area contributed by atoms with Gasteiger partial charge in [-0.25, -0.2) is 0 Å². The number of carbonyl (C=O) groups excluding carboxylic acids is 2. The fraction of sp³-hybridized carbons (Fsp3) is 0.700. The number of amides is 2. The van der Waals surface area contributed by atoms with Crippen LogP contribution in [0.3, 0.4) is 0 Å². The van der Waals surface area contributed by atoms with Gasteiger partial charge in [0, 0.05) is 19.0 Å². The Bertz CT molecular complexity index is 376. The van der Waals surface area contributed by atoms with Crippen LogP contribution in [0.25, 0.3) is 0 Å². The standard InChI is InChI=1S/C10H16N4O3/c11-8(14-17)10(3-4-10)9(16)12-5-6-1-2-7(15)13-6/h6,17H,1-5H2,(H2,11,14)(H,12,16)(H,13,15). The van der Waals surface area contributed by atoms with E-state index in [1.165, 1.54) is 0 Å². The minimum absolute atomic E-state index is 0.00506. The van der Waals surface area contributed by atoms with Crippen LogP contribution in [0, 0.1) is 5.41 Å². The molecule has 1 saturated heterocycles. The molecule has 0 spiro atoms. The second kappa shape index (κ2) is 4.23. The second-order valence-electron chi connectivity index (χ2n) is 4.58. The van der Waals surface area contributed by atoms with E-state index in [4.69, 9.17) is 10.9 Å². The van der Waals surface area contributed by atoms with Crippen molar-refractivity contribution in [3.05, 3.63) is 0 Å². The van der Waals surface area contributed by atoms with Gasteiger partial charge in [0.05, 0.1) is 0 Å². The SMILES string of the molecule is NC(=NO)C1(C(=O)NCC2CCC(=O)N2)CC1. The van der Waals surface area contributed by atoms with E-state index in [0.717, 1.165) is 6.42 Å². The lowest BCUT2D eigenvalue weighted by Gasteiger charge is -2.16. The van der Waals surface area contributed by atoms with E-state index < -0.39 is 5.41 Å². The molecule has 5 N–H and O–H groups in total. The Hall–Kier alpha value is -1.79. The lowest BCUT2D eigenvalue weighted by Crippen LogP contribution is -2.45. The highest BCUT2D eigenvalue weighted by Gasteiger charge is 2.54. The predicted octanol–water partition coefficient (Wildman–Crippen LogP) is -1.09. The molecule has 2 fully saturated rings. The van der Waals surface area contributed by atoms with Gasteiger partial charge in [0.1, 0.15) is 5.41 Å². The highest BCUT2D eigenvalue weighted by molar-refractivity contribution is 6.09. The molecule has 2 amide bonds. The molecule has 0 radical (unpaired) electrons. The first-order valence-corrected chi connectivity index (χ1v) is 5.64. The van der Waals surface area contributed by atoms with Crippen LogP contribution >= 0.6 is 0 Å². The quantitative estimate of drug-likeness (QED) is 0.216. The number of hydrogen-bond donors (Lipinski definition) is 4. The number of nitrogens with zero attached hydrogens (tertiary/aromatic N) is 1. The van der Waals surface area contributed by atoms with Crippen molar-refractivity contribution in [2.75, 3.05) is 6.54 Å². The van der Waals surface area contributed by atoms with Crippen LogP contribution in [0.4, 0.5) is 0 Å². The third-order valence-electron chi connectivity index (χ3n) is 3.38. The van der Waals surface area contributed by atoms with Gasteiger partial charge in [-0.05, 0) is 19.3 Å². The summed E-state index contributed by atoms with van der Waals surface area (Å²) in [5, 5.41) is 17.0. The molecule has 1 atom stereocenters. The first kappa shape index (κ1) is 11.7. The molecule has 7 nitrogen and oxygen atoms in total. The molecule has 0 aromatic heterocycles. The van der Waals surface area contributed by atoms with Crippen LogP contribution in [-0.4, -0.2) is 35.4 Å². The molecule has 7 heteroatoms. The molecule has 1 aliphatic heterocycles. The van der Waals surface area contributed by atoms with Crippen molar-refractivity contribution < 1.29 is 14.8 Å². The Morgan fingerprint density at radius 1 is 1.65 bits per heavy atom. The van der Waals surface area contributed by atoms with Gasteiger partial charge in [-0.1, -0.05) is 5.16 Å². The molecule has 1 heterocycles. The van der Waals surface area contributed by atoms with Crippen molar-refractivity contribution >= 4 is 17.6 Å². The van der Waals surface area contributed by atoms with E-state index in [1.807, 2.05) is 0 Å². The highest BCUT2D eigenvalue weighted by atomic mass is 16.4. The molecule has 1 saturated carbocycles. The van der Waals surface area contributed by atoms with Crippen molar-refractivity contribution in [2.45, 2.75) is 31.7 Å². The minimum atomic E-state index is -0.822. The average molecular weight is 240 g/mol. The number of nitrogens with two attached hydrogens (primary N) is 1. The van der Waals surface area contributed by atoms with E-state index in [1.54, 1.807) is 0 Å². The predicted molar refractivity (Wildman–Crippen MR) is 59.3 cm³/mol. The molecule has 17 heavy (non-hydrogen) atoms. The summed E-state index contributed by atoms with van der Waals surface area (Å²) >= 11 is 0. The molecule has 0 bridgehead atoms. The van der Waals surface area contributed by atoms with Crippen molar-refractivity contribution in [3.8, 4) is 0 Å². The van der Waals surface area contributed by atoms with Crippen LogP contribution in [0.5, 0.6) is 0 Å². The Labute approximate surface area is 98.4 Å². The molecular weight excluding hydrogens is 224 g/mol. The van der Waals surface area contributed by atoms with Gasteiger partial charge in [-0.2, -0.15) is 0 Å². The Balaban J connectivity index is 1.84. The third kappa shape index (κ3) is 2.17. The molecule has 2 aliphatic rings. The first-order valence-electron chi connectivity index (χ1n) is 5.64. The van der Waals surface area contributed by atoms with E-state index in [2.05, 4.69) is 15.8 Å². The van der Waals surface area contributed by atoms with Gasteiger partial charge >= 0.3 is 0 Å². The second-order valence-corrected chi connectivity index (χ2v) is 4.58. The summed E-state index contributed by atoms with van der Waals surface area (Å²) in [6.45, 7) is 0.394. The summed E-state index contributed by atoms with van der Waals surface area (Å²) in [7, 11) is 0. The lowest BCUT2D eigenvalue weighted by atomic mass is 10.1. The maximum absolute atomic E-state index is 11.9. The zero-order valence-corrected chi connectivity index (χ0v) is 9.40. The van der Waals surface area contributed by atoms with Crippen molar-refractivity contribution in [1.29, 1.82) is 0 Å². The number of amidine groups is 1. The van der Waals surface area contributed by atoms with Gasteiger partial charge in [-0.3, -0.25) is 9.59 Å². The zero-order chi connectivity index (χ0) is 12.5. The molecule has 1 unspecified atom stereocenters. The maximum Gasteiger partial charge on any atom is 0.234 e. The third-order valence-corrected chi connectivity index (χ3v) is 3.38. The van der Waals surface area contributed by atoms with Crippen LogP contribution in [-0.2, 0) is 9.59 Å². The van der Waals surface area contributed by atoms with E-state index >= 15 is 0 Å². The Morgan fingerprint density at radius 2 is 2.35 bits per heavy atom. The van der Waals surface area contributed by atoms with Crippen molar-refractivity contribution in [1.82, 2.24) is 10.6 Å². The van der Waals surface area contributed by atoms with Crippen LogP contribution in [0.1, 0.15) is 25.7 Å². The fourth-order valence-corrected chi connectivity index (χ4v) is 2.04. The number of oxime groups is 1. The molecule has 0 aromatic carbocycles. The number of rotatable bonds is 4. The van der Waals surface area contributed by atoms with Crippen molar-refractivity contribution in [2.24, 2.45) is 16.3 Å². The van der Waals surface area contributed by atoms with Gasteiger partial charge in [0.2, 0.25) is 11.8 Å². The van der Waals surface area contributed by atoms with Crippen LogP contribution < -0.4 is 16.4 Å². The maximum atomic E-state index is 11.9. The van der Waals surface area contributed by atoms with E-state index in [0.29, 0.717) is 25.8 Å². The summed E-state index contributed by atoms with van der Waals surface area (Å²) in [5.41, 5.74) is 4.67. The van der Waals surface area contributed by atoms with Crippen LogP contribution in [0.2, 0.25) is 0 Å².